The predicted octanol–water partition coefficient (Wildman–Crippen LogP) is 3.21. The molecule has 0 saturated carbocycles. The Morgan fingerprint density at radius 2 is 1.69 bits per heavy atom. The molecule has 0 saturated heterocycles. The molecule has 0 bridgehead atoms. The lowest BCUT2D eigenvalue weighted by Crippen LogP contribution is -2.28. The summed E-state index contributed by atoms with van der Waals surface area (Å²) in [7, 11) is 0. The van der Waals surface area contributed by atoms with Gasteiger partial charge in [0, 0.05) is 37.1 Å². The van der Waals surface area contributed by atoms with Gasteiger partial charge >= 0.3 is 0 Å². The molecule has 0 fully saturated rings. The largest absolute Gasteiger partial charge is 0.352 e. The second-order valence-corrected chi connectivity index (χ2v) is 7.03. The summed E-state index contributed by atoms with van der Waals surface area (Å²) in [5, 5.41) is 11.3. The molecule has 0 aliphatic carbocycles. The lowest BCUT2D eigenvalue weighted by molar-refractivity contribution is -0.129. The summed E-state index contributed by atoms with van der Waals surface area (Å²) in [5.41, 5.74) is 3.03. The molecule has 8 nitrogen and oxygen atoms in total. The molecule has 1 heterocycles. The zero-order chi connectivity index (χ0) is 21.1. The van der Waals surface area contributed by atoms with Crippen LogP contribution in [-0.4, -0.2) is 39.6 Å². The molecular weight excluding hydrogens is 370 g/mol. The number of amides is 2. The fourth-order valence-electron chi connectivity index (χ4n) is 2.92. The van der Waals surface area contributed by atoms with Gasteiger partial charge in [-0.15, -0.1) is 0 Å². The van der Waals surface area contributed by atoms with Crippen molar-refractivity contribution in [3.05, 3.63) is 48.3 Å². The van der Waals surface area contributed by atoms with Crippen molar-refractivity contribution in [1.29, 1.82) is 0 Å². The normalized spacial score (nSPS) is 10.6. The molecule has 0 spiro atoms. The lowest BCUT2D eigenvalue weighted by Gasteiger charge is -2.26. The maximum absolute atomic E-state index is 12.3. The van der Waals surface area contributed by atoms with Crippen LogP contribution in [0.3, 0.4) is 0 Å². The Morgan fingerprint density at radius 1 is 1.03 bits per heavy atom. The van der Waals surface area contributed by atoms with E-state index in [4.69, 9.17) is 5.21 Å². The number of hydrogen-bond donors (Lipinski definition) is 3. The zero-order valence-electron chi connectivity index (χ0n) is 17.0. The SMILES string of the molecule is CC(C)N(c1ccccc1)c1ncc(C(=O)NCCCCCCC(=O)NO)cn1. The second-order valence-electron chi connectivity index (χ2n) is 7.03. The first-order chi connectivity index (χ1) is 14.0. The van der Waals surface area contributed by atoms with Crippen LogP contribution in [0, 0.1) is 0 Å². The number of rotatable bonds is 11. The monoisotopic (exact) mass is 399 g/mol. The molecule has 0 atom stereocenters. The average Bonchev–Trinajstić information content (AvgIpc) is 2.73. The predicted molar refractivity (Wildman–Crippen MR) is 111 cm³/mol. The third-order valence-electron chi connectivity index (χ3n) is 4.41. The van der Waals surface area contributed by atoms with E-state index in [2.05, 4.69) is 29.1 Å². The molecule has 0 radical (unpaired) electrons. The fraction of sp³-hybridized carbons (Fsp3) is 0.429. The summed E-state index contributed by atoms with van der Waals surface area (Å²) in [5.74, 6) is -0.0215. The topological polar surface area (TPSA) is 107 Å². The molecule has 2 amide bonds. The second kappa shape index (κ2) is 11.8. The van der Waals surface area contributed by atoms with Gasteiger partial charge in [-0.3, -0.25) is 14.8 Å². The Bertz CT molecular complexity index is 766. The third kappa shape index (κ3) is 7.15. The highest BCUT2D eigenvalue weighted by Gasteiger charge is 2.16. The molecular formula is C21H29N5O3. The van der Waals surface area contributed by atoms with Crippen LogP contribution >= 0.6 is 0 Å². The number of benzene rings is 1. The van der Waals surface area contributed by atoms with Gasteiger partial charge in [0.05, 0.1) is 5.56 Å². The average molecular weight is 399 g/mol. The summed E-state index contributed by atoms with van der Waals surface area (Å²) in [6, 6.07) is 10.1. The Hall–Kier alpha value is -3.00. The fourth-order valence-corrected chi connectivity index (χ4v) is 2.92. The minimum Gasteiger partial charge on any atom is -0.352 e. The van der Waals surface area contributed by atoms with Crippen molar-refractivity contribution >= 4 is 23.5 Å². The van der Waals surface area contributed by atoms with Gasteiger partial charge in [0.25, 0.3) is 5.91 Å². The van der Waals surface area contributed by atoms with Crippen LogP contribution in [-0.2, 0) is 4.79 Å². The molecule has 2 rings (SSSR count). The first-order valence-electron chi connectivity index (χ1n) is 9.90. The minimum absolute atomic E-state index is 0.167. The Morgan fingerprint density at radius 3 is 2.31 bits per heavy atom. The molecule has 3 N–H and O–H groups in total. The highest BCUT2D eigenvalue weighted by atomic mass is 16.5. The van der Waals surface area contributed by atoms with E-state index in [-0.39, 0.29) is 17.9 Å². The highest BCUT2D eigenvalue weighted by molar-refractivity contribution is 5.93. The molecule has 1 aromatic heterocycles. The molecule has 8 heteroatoms. The number of aromatic nitrogens is 2. The smallest absolute Gasteiger partial charge is 0.254 e. The van der Waals surface area contributed by atoms with Gasteiger partial charge in [-0.2, -0.15) is 0 Å². The lowest BCUT2D eigenvalue weighted by atomic mass is 10.1. The van der Waals surface area contributed by atoms with Crippen molar-refractivity contribution in [2.24, 2.45) is 0 Å². The van der Waals surface area contributed by atoms with Gasteiger partial charge < -0.3 is 10.2 Å². The summed E-state index contributed by atoms with van der Waals surface area (Å²) in [4.78, 5) is 33.9. The van der Waals surface area contributed by atoms with E-state index in [1.807, 2.05) is 35.2 Å². The van der Waals surface area contributed by atoms with E-state index < -0.39 is 0 Å². The van der Waals surface area contributed by atoms with E-state index in [0.29, 0.717) is 30.9 Å². The van der Waals surface area contributed by atoms with E-state index in [0.717, 1.165) is 24.9 Å². The van der Waals surface area contributed by atoms with E-state index >= 15 is 0 Å². The van der Waals surface area contributed by atoms with Gasteiger partial charge in [-0.05, 0) is 38.8 Å². The first-order valence-corrected chi connectivity index (χ1v) is 9.90. The molecule has 0 aliphatic rings. The van der Waals surface area contributed by atoms with E-state index in [9.17, 15) is 9.59 Å². The van der Waals surface area contributed by atoms with Gasteiger partial charge in [-0.25, -0.2) is 15.4 Å². The van der Waals surface area contributed by atoms with Crippen molar-refractivity contribution in [2.45, 2.75) is 52.0 Å². The Balaban J connectivity index is 1.81. The summed E-state index contributed by atoms with van der Waals surface area (Å²) >= 11 is 0. The van der Waals surface area contributed by atoms with Crippen LogP contribution in [0.5, 0.6) is 0 Å². The minimum atomic E-state index is -0.370. The number of unbranched alkanes of at least 4 members (excludes halogenated alkanes) is 3. The van der Waals surface area contributed by atoms with Crippen LogP contribution in [0.2, 0.25) is 0 Å². The molecule has 2 aromatic rings. The van der Waals surface area contributed by atoms with Crippen LogP contribution in [0.15, 0.2) is 42.7 Å². The molecule has 29 heavy (non-hydrogen) atoms. The maximum atomic E-state index is 12.3. The number of hydrogen-bond acceptors (Lipinski definition) is 6. The molecule has 1 aromatic carbocycles. The number of carbonyl (C=O) groups excluding carboxylic acids is 2. The Kier molecular flexibility index (Phi) is 9.04. The van der Waals surface area contributed by atoms with Crippen molar-refractivity contribution in [1.82, 2.24) is 20.8 Å². The van der Waals surface area contributed by atoms with Crippen molar-refractivity contribution in [3.8, 4) is 0 Å². The molecule has 0 aliphatic heterocycles. The third-order valence-corrected chi connectivity index (χ3v) is 4.41. The quantitative estimate of drug-likeness (QED) is 0.304. The molecule has 0 unspecified atom stereocenters. The van der Waals surface area contributed by atoms with Gasteiger partial charge in [0.1, 0.15) is 0 Å². The summed E-state index contributed by atoms with van der Waals surface area (Å²) < 4.78 is 0. The van der Waals surface area contributed by atoms with E-state index in [1.165, 1.54) is 0 Å². The van der Waals surface area contributed by atoms with Gasteiger partial charge in [0.2, 0.25) is 11.9 Å². The molecule has 156 valence electrons. The van der Waals surface area contributed by atoms with E-state index in [1.54, 1.807) is 17.9 Å². The van der Waals surface area contributed by atoms with Crippen LogP contribution in [0.25, 0.3) is 0 Å². The number of hydroxylamine groups is 1. The summed E-state index contributed by atoms with van der Waals surface area (Å²) in [6.07, 6.45) is 6.69. The van der Waals surface area contributed by atoms with Gasteiger partial charge in [-0.1, -0.05) is 31.0 Å². The van der Waals surface area contributed by atoms with Gasteiger partial charge in [0.15, 0.2) is 0 Å². The first kappa shape index (κ1) is 22.3. The van der Waals surface area contributed by atoms with Crippen LogP contribution < -0.4 is 15.7 Å². The number of anilines is 2. The number of para-hydroxylation sites is 1. The zero-order valence-corrected chi connectivity index (χ0v) is 17.0. The van der Waals surface area contributed by atoms with Crippen LogP contribution in [0.1, 0.15) is 56.3 Å². The number of nitrogens with zero attached hydrogens (tertiary/aromatic N) is 3. The summed E-state index contributed by atoms with van der Waals surface area (Å²) in [6.45, 7) is 4.68. The standard InChI is InChI=1S/C21H29N5O3/c1-16(2)26(18-10-6-5-7-11-18)21-23-14-17(15-24-21)20(28)22-13-9-4-3-8-12-19(27)25-29/h5-7,10-11,14-16,29H,3-4,8-9,12-13H2,1-2H3,(H,22,28)(H,25,27). The number of nitrogens with one attached hydrogen (secondary N) is 2. The van der Waals surface area contributed by atoms with Crippen LogP contribution in [0.4, 0.5) is 11.6 Å². The maximum Gasteiger partial charge on any atom is 0.254 e. The van der Waals surface area contributed by atoms with Crippen molar-refractivity contribution in [2.75, 3.05) is 11.4 Å². The number of carbonyl (C=O) groups is 2. The highest BCUT2D eigenvalue weighted by Crippen LogP contribution is 2.24. The Labute approximate surface area is 171 Å². The van der Waals surface area contributed by atoms with Crippen molar-refractivity contribution < 1.29 is 14.8 Å². The van der Waals surface area contributed by atoms with Crippen molar-refractivity contribution in [3.63, 3.8) is 0 Å².